The first kappa shape index (κ1) is 13.0. The highest BCUT2D eigenvalue weighted by Crippen LogP contribution is 2.25. The molecule has 0 atom stereocenters. The summed E-state index contributed by atoms with van der Waals surface area (Å²) >= 11 is 0. The second-order valence-corrected chi connectivity index (χ2v) is 3.40. The van der Waals surface area contributed by atoms with Gasteiger partial charge in [0.25, 0.3) is 0 Å². The van der Waals surface area contributed by atoms with Crippen molar-refractivity contribution in [1.82, 2.24) is 0 Å². The number of esters is 2. The summed E-state index contributed by atoms with van der Waals surface area (Å²) < 4.78 is 9.33. The van der Waals surface area contributed by atoms with Crippen molar-refractivity contribution in [3.8, 4) is 5.75 Å². The van der Waals surface area contributed by atoms with Crippen molar-refractivity contribution in [2.75, 3.05) is 13.7 Å². The zero-order chi connectivity index (χ0) is 13.0. The van der Waals surface area contributed by atoms with Gasteiger partial charge in [0.15, 0.2) is 0 Å². The van der Waals surface area contributed by atoms with Crippen LogP contribution in [0.3, 0.4) is 0 Å². The second kappa shape index (κ2) is 5.34. The molecule has 0 aromatic heterocycles. The van der Waals surface area contributed by atoms with E-state index in [4.69, 9.17) is 4.74 Å². The van der Waals surface area contributed by atoms with E-state index in [1.165, 1.54) is 19.2 Å². The summed E-state index contributed by atoms with van der Waals surface area (Å²) in [6.07, 6.45) is 0. The third-order valence-corrected chi connectivity index (χ3v) is 2.22. The summed E-state index contributed by atoms with van der Waals surface area (Å²) in [6.45, 7) is 3.52. The Labute approximate surface area is 99.0 Å². The minimum absolute atomic E-state index is 0.0458. The van der Waals surface area contributed by atoms with Gasteiger partial charge in [0.05, 0.1) is 19.3 Å². The molecule has 0 aliphatic carbocycles. The average Bonchev–Trinajstić information content (AvgIpc) is 2.31. The molecular weight excluding hydrogens is 224 g/mol. The Morgan fingerprint density at radius 2 is 1.94 bits per heavy atom. The van der Waals surface area contributed by atoms with Crippen molar-refractivity contribution in [3.63, 3.8) is 0 Å². The maximum absolute atomic E-state index is 11.5. The number of aryl methyl sites for hydroxylation is 1. The van der Waals surface area contributed by atoms with E-state index in [1.54, 1.807) is 13.8 Å². The van der Waals surface area contributed by atoms with Crippen LogP contribution in [-0.4, -0.2) is 30.8 Å². The standard InChI is InChI=1S/C12H14O5/c1-4-17-11(14)8-5-7(2)10(13)9(6-8)12(15)16-3/h5-6,13H,4H2,1-3H3. The second-order valence-electron chi connectivity index (χ2n) is 3.40. The monoisotopic (exact) mass is 238 g/mol. The van der Waals surface area contributed by atoms with E-state index in [9.17, 15) is 14.7 Å². The number of phenolic OH excluding ortho intramolecular Hbond substituents is 1. The topological polar surface area (TPSA) is 72.8 Å². The zero-order valence-electron chi connectivity index (χ0n) is 9.94. The molecule has 17 heavy (non-hydrogen) atoms. The summed E-state index contributed by atoms with van der Waals surface area (Å²) in [5.41, 5.74) is 0.578. The lowest BCUT2D eigenvalue weighted by Gasteiger charge is -2.08. The fraction of sp³-hybridized carbons (Fsp3) is 0.333. The summed E-state index contributed by atoms with van der Waals surface area (Å²) in [7, 11) is 1.20. The molecule has 0 aliphatic rings. The third kappa shape index (κ3) is 2.75. The van der Waals surface area contributed by atoms with Gasteiger partial charge in [-0.05, 0) is 31.5 Å². The average molecular weight is 238 g/mol. The predicted molar refractivity (Wildman–Crippen MR) is 60.1 cm³/mol. The van der Waals surface area contributed by atoms with Crippen LogP contribution in [0.4, 0.5) is 0 Å². The lowest BCUT2D eigenvalue weighted by atomic mass is 10.0. The summed E-state index contributed by atoms with van der Waals surface area (Å²) in [5, 5.41) is 9.68. The van der Waals surface area contributed by atoms with Gasteiger partial charge >= 0.3 is 11.9 Å². The fourth-order valence-electron chi connectivity index (χ4n) is 1.38. The Morgan fingerprint density at radius 3 is 2.47 bits per heavy atom. The van der Waals surface area contributed by atoms with E-state index in [1.807, 2.05) is 0 Å². The highest BCUT2D eigenvalue weighted by Gasteiger charge is 2.18. The van der Waals surface area contributed by atoms with Gasteiger partial charge in [-0.2, -0.15) is 0 Å². The number of hydrogen-bond donors (Lipinski definition) is 1. The van der Waals surface area contributed by atoms with Crippen LogP contribution in [-0.2, 0) is 9.47 Å². The van der Waals surface area contributed by atoms with Crippen LogP contribution in [0.2, 0.25) is 0 Å². The van der Waals surface area contributed by atoms with Crippen molar-refractivity contribution in [2.45, 2.75) is 13.8 Å². The van der Waals surface area contributed by atoms with Crippen LogP contribution in [0, 0.1) is 6.92 Å². The Hall–Kier alpha value is -2.04. The summed E-state index contributed by atoms with van der Waals surface area (Å²) in [4.78, 5) is 22.9. The maximum atomic E-state index is 11.5. The molecule has 0 amide bonds. The van der Waals surface area contributed by atoms with E-state index in [0.29, 0.717) is 5.56 Å². The molecule has 1 aromatic carbocycles. The number of benzene rings is 1. The van der Waals surface area contributed by atoms with Gasteiger partial charge in [-0.3, -0.25) is 0 Å². The minimum atomic E-state index is -0.697. The van der Waals surface area contributed by atoms with Crippen LogP contribution < -0.4 is 0 Å². The number of carbonyl (C=O) groups is 2. The molecular formula is C12H14O5. The Morgan fingerprint density at radius 1 is 1.29 bits per heavy atom. The van der Waals surface area contributed by atoms with Gasteiger partial charge in [-0.15, -0.1) is 0 Å². The SMILES string of the molecule is CCOC(=O)c1cc(C)c(O)c(C(=O)OC)c1. The quantitative estimate of drug-likeness (QED) is 0.811. The molecule has 0 unspecified atom stereocenters. The van der Waals surface area contributed by atoms with E-state index in [2.05, 4.69) is 4.74 Å². The molecule has 1 N–H and O–H groups in total. The third-order valence-electron chi connectivity index (χ3n) is 2.22. The Balaban J connectivity index is 3.23. The summed E-state index contributed by atoms with van der Waals surface area (Å²) in [6, 6.07) is 2.71. The lowest BCUT2D eigenvalue weighted by molar-refractivity contribution is 0.0526. The minimum Gasteiger partial charge on any atom is -0.507 e. The van der Waals surface area contributed by atoms with Gasteiger partial charge in [0.2, 0.25) is 0 Å². The van der Waals surface area contributed by atoms with Crippen molar-refractivity contribution in [3.05, 3.63) is 28.8 Å². The van der Waals surface area contributed by atoms with Gasteiger partial charge in [0.1, 0.15) is 11.3 Å². The molecule has 92 valence electrons. The number of carbonyl (C=O) groups excluding carboxylic acids is 2. The lowest BCUT2D eigenvalue weighted by Crippen LogP contribution is -2.09. The molecule has 0 spiro atoms. The number of methoxy groups -OCH3 is 1. The van der Waals surface area contributed by atoms with Crippen LogP contribution in [0.25, 0.3) is 0 Å². The molecule has 0 bridgehead atoms. The van der Waals surface area contributed by atoms with E-state index in [0.717, 1.165) is 0 Å². The van der Waals surface area contributed by atoms with Gasteiger partial charge in [-0.1, -0.05) is 0 Å². The molecule has 0 saturated heterocycles. The number of phenols is 1. The molecule has 1 aromatic rings. The molecule has 0 fully saturated rings. The molecule has 0 aliphatic heterocycles. The molecule has 5 heteroatoms. The molecule has 0 radical (unpaired) electrons. The van der Waals surface area contributed by atoms with Crippen LogP contribution in [0.15, 0.2) is 12.1 Å². The van der Waals surface area contributed by atoms with E-state index in [-0.39, 0.29) is 23.5 Å². The van der Waals surface area contributed by atoms with Gasteiger partial charge < -0.3 is 14.6 Å². The first-order valence-electron chi connectivity index (χ1n) is 5.10. The predicted octanol–water partition coefficient (Wildman–Crippen LogP) is 1.66. The van der Waals surface area contributed by atoms with E-state index >= 15 is 0 Å². The Bertz CT molecular complexity index is 450. The molecule has 0 heterocycles. The van der Waals surface area contributed by atoms with Crippen LogP contribution >= 0.6 is 0 Å². The first-order chi connectivity index (χ1) is 8.01. The molecule has 5 nitrogen and oxygen atoms in total. The molecule has 1 rings (SSSR count). The normalized spacial score (nSPS) is 9.82. The Kier molecular flexibility index (Phi) is 4.09. The largest absolute Gasteiger partial charge is 0.507 e. The smallest absolute Gasteiger partial charge is 0.341 e. The number of aromatic hydroxyl groups is 1. The number of rotatable bonds is 3. The zero-order valence-corrected chi connectivity index (χ0v) is 9.94. The van der Waals surface area contributed by atoms with Crippen LogP contribution in [0.1, 0.15) is 33.2 Å². The van der Waals surface area contributed by atoms with Gasteiger partial charge in [-0.25, -0.2) is 9.59 Å². The highest BCUT2D eigenvalue weighted by molar-refractivity contribution is 5.97. The van der Waals surface area contributed by atoms with Crippen LogP contribution in [0.5, 0.6) is 5.75 Å². The maximum Gasteiger partial charge on any atom is 0.341 e. The number of hydrogen-bond acceptors (Lipinski definition) is 5. The molecule has 0 saturated carbocycles. The first-order valence-corrected chi connectivity index (χ1v) is 5.10. The van der Waals surface area contributed by atoms with Crippen molar-refractivity contribution in [2.24, 2.45) is 0 Å². The highest BCUT2D eigenvalue weighted by atomic mass is 16.5. The van der Waals surface area contributed by atoms with Crippen molar-refractivity contribution in [1.29, 1.82) is 0 Å². The van der Waals surface area contributed by atoms with E-state index < -0.39 is 11.9 Å². The van der Waals surface area contributed by atoms with Crippen molar-refractivity contribution < 1.29 is 24.2 Å². The number of ether oxygens (including phenoxy) is 2. The summed E-state index contributed by atoms with van der Waals surface area (Å²) in [5.74, 6) is -1.43. The fourth-order valence-corrected chi connectivity index (χ4v) is 1.38. The van der Waals surface area contributed by atoms with Crippen molar-refractivity contribution >= 4 is 11.9 Å². The van der Waals surface area contributed by atoms with Gasteiger partial charge in [0, 0.05) is 0 Å².